The molecule has 0 bridgehead atoms. The number of amides is 2. The van der Waals surface area contributed by atoms with Crippen LogP contribution in [-0.4, -0.2) is 52.6 Å². The van der Waals surface area contributed by atoms with Crippen molar-refractivity contribution in [2.45, 2.75) is 51.5 Å². The number of rotatable bonds is 5. The maximum atomic E-state index is 15.6. The number of thiophene rings is 1. The average Bonchev–Trinajstić information content (AvgIpc) is 3.80. The Labute approximate surface area is 220 Å². The molecule has 1 saturated heterocycles. The zero-order valence-corrected chi connectivity index (χ0v) is 22.0. The smallest absolute Gasteiger partial charge is 0.256 e. The van der Waals surface area contributed by atoms with Gasteiger partial charge >= 0.3 is 0 Å². The first kappa shape index (κ1) is 23.1. The van der Waals surface area contributed by atoms with Gasteiger partial charge in [0.1, 0.15) is 17.2 Å². The number of aryl methyl sites for hydroxylation is 2. The van der Waals surface area contributed by atoms with E-state index in [9.17, 15) is 9.59 Å². The van der Waals surface area contributed by atoms with Crippen molar-refractivity contribution in [3.8, 4) is 11.1 Å². The number of hydrogen-bond donors (Lipinski definition) is 0. The highest BCUT2D eigenvalue weighted by molar-refractivity contribution is 7.19. The van der Waals surface area contributed by atoms with Crippen molar-refractivity contribution >= 4 is 39.1 Å². The Morgan fingerprint density at radius 2 is 1.89 bits per heavy atom. The van der Waals surface area contributed by atoms with Crippen molar-refractivity contribution in [3.63, 3.8) is 0 Å². The molecule has 37 heavy (non-hydrogen) atoms. The predicted molar refractivity (Wildman–Crippen MR) is 144 cm³/mol. The second-order valence-corrected chi connectivity index (χ2v) is 12.5. The van der Waals surface area contributed by atoms with E-state index in [0.717, 1.165) is 44.2 Å². The summed E-state index contributed by atoms with van der Waals surface area (Å²) in [4.78, 5) is 35.7. The number of fused-ring (bicyclic) bond motifs is 1. The molecule has 2 aliphatic carbocycles. The van der Waals surface area contributed by atoms with E-state index in [-0.39, 0.29) is 29.5 Å². The fraction of sp³-hybridized carbons (Fsp3) is 0.433. The number of nitrogens with zero attached hydrogens (tertiary/aromatic N) is 3. The molecule has 0 unspecified atom stereocenters. The number of benzene rings is 2. The number of aliphatic imine (C=N–C) groups is 1. The molecule has 5 nitrogen and oxygen atoms in total. The minimum absolute atomic E-state index is 0.0349. The molecule has 3 aromatic rings. The number of halogens is 1. The SMILES string of the molecule is Cc1sc2ccc(-c3ccc(C4=NC5(CC5)C(=O)N4C[C@@H]4CCN(C(=O)C5CC5)C4)cc3F)cc2c1C. The van der Waals surface area contributed by atoms with Gasteiger partial charge < -0.3 is 4.90 Å². The number of carbonyl (C=O) groups excluding carboxylic acids is 2. The average molecular weight is 516 g/mol. The molecule has 0 radical (unpaired) electrons. The number of amidine groups is 1. The van der Waals surface area contributed by atoms with Crippen LogP contribution in [0, 0.1) is 31.5 Å². The molecule has 2 aromatic carbocycles. The molecule has 0 N–H and O–H groups in total. The highest BCUT2D eigenvalue weighted by Gasteiger charge is 2.57. The van der Waals surface area contributed by atoms with Crippen molar-refractivity contribution in [1.29, 1.82) is 0 Å². The van der Waals surface area contributed by atoms with Gasteiger partial charge in [-0.15, -0.1) is 11.3 Å². The third kappa shape index (κ3) is 3.81. The highest BCUT2D eigenvalue weighted by atomic mass is 32.1. The molecule has 2 aliphatic heterocycles. The van der Waals surface area contributed by atoms with E-state index in [2.05, 4.69) is 26.0 Å². The van der Waals surface area contributed by atoms with E-state index in [1.54, 1.807) is 16.2 Å². The van der Waals surface area contributed by atoms with Gasteiger partial charge in [0.15, 0.2) is 0 Å². The van der Waals surface area contributed by atoms with Crippen LogP contribution in [0.2, 0.25) is 0 Å². The summed E-state index contributed by atoms with van der Waals surface area (Å²) >= 11 is 1.76. The lowest BCUT2D eigenvalue weighted by Gasteiger charge is -2.24. The Hall–Kier alpha value is -3.06. The summed E-state index contributed by atoms with van der Waals surface area (Å²) < 4.78 is 16.8. The fourth-order valence-electron chi connectivity index (χ4n) is 5.92. The van der Waals surface area contributed by atoms with Gasteiger partial charge in [-0.25, -0.2) is 4.39 Å². The molecular weight excluding hydrogens is 485 g/mol. The van der Waals surface area contributed by atoms with Crippen LogP contribution in [0.5, 0.6) is 0 Å². The van der Waals surface area contributed by atoms with Gasteiger partial charge in [-0.3, -0.25) is 19.5 Å². The molecule has 190 valence electrons. The monoisotopic (exact) mass is 515 g/mol. The Bertz CT molecular complexity index is 1500. The van der Waals surface area contributed by atoms with Crippen molar-refractivity contribution in [1.82, 2.24) is 9.80 Å². The normalized spacial score (nSPS) is 22.4. The van der Waals surface area contributed by atoms with Crippen molar-refractivity contribution < 1.29 is 14.0 Å². The van der Waals surface area contributed by atoms with E-state index < -0.39 is 5.54 Å². The minimum atomic E-state index is -0.647. The van der Waals surface area contributed by atoms with Gasteiger partial charge in [0, 0.05) is 46.3 Å². The van der Waals surface area contributed by atoms with E-state index in [4.69, 9.17) is 4.99 Å². The van der Waals surface area contributed by atoms with E-state index in [1.165, 1.54) is 26.6 Å². The van der Waals surface area contributed by atoms with Gasteiger partial charge in [0.05, 0.1) is 0 Å². The molecule has 1 spiro atoms. The summed E-state index contributed by atoms with van der Waals surface area (Å²) in [5, 5.41) is 1.17. The summed E-state index contributed by atoms with van der Waals surface area (Å²) in [5.41, 5.74) is 2.64. The van der Waals surface area contributed by atoms with Crippen molar-refractivity contribution in [3.05, 3.63) is 58.2 Å². The summed E-state index contributed by atoms with van der Waals surface area (Å²) in [5.74, 6) is 1.02. The van der Waals surface area contributed by atoms with E-state index in [0.29, 0.717) is 30.1 Å². The summed E-state index contributed by atoms with van der Waals surface area (Å²) in [7, 11) is 0. The maximum absolute atomic E-state index is 15.6. The molecule has 1 atom stereocenters. The van der Waals surface area contributed by atoms with Gasteiger partial charge in [0.25, 0.3) is 5.91 Å². The third-order valence-electron chi connectivity index (χ3n) is 8.62. The lowest BCUT2D eigenvalue weighted by atomic mass is 10.00. The molecule has 4 aliphatic rings. The Morgan fingerprint density at radius 3 is 2.62 bits per heavy atom. The number of likely N-dealkylation sites (tertiary alicyclic amines) is 1. The van der Waals surface area contributed by atoms with Gasteiger partial charge in [-0.2, -0.15) is 0 Å². The Kier molecular flexibility index (Phi) is 5.13. The molecule has 3 heterocycles. The van der Waals surface area contributed by atoms with Crippen LogP contribution >= 0.6 is 11.3 Å². The first-order valence-corrected chi connectivity index (χ1v) is 14.2. The van der Waals surface area contributed by atoms with Crippen LogP contribution in [-0.2, 0) is 9.59 Å². The van der Waals surface area contributed by atoms with Crippen LogP contribution in [0.3, 0.4) is 0 Å². The van der Waals surface area contributed by atoms with Crippen LogP contribution in [0.15, 0.2) is 41.4 Å². The van der Waals surface area contributed by atoms with Gasteiger partial charge in [0.2, 0.25) is 5.91 Å². The molecule has 3 fully saturated rings. The second-order valence-electron chi connectivity index (χ2n) is 11.3. The summed E-state index contributed by atoms with van der Waals surface area (Å²) in [6.45, 7) is 6.21. The summed E-state index contributed by atoms with van der Waals surface area (Å²) in [6.07, 6.45) is 4.41. The molecule has 1 aromatic heterocycles. The quantitative estimate of drug-likeness (QED) is 0.438. The van der Waals surface area contributed by atoms with Crippen LogP contribution in [0.25, 0.3) is 21.2 Å². The predicted octanol–water partition coefficient (Wildman–Crippen LogP) is 5.70. The second kappa shape index (κ2) is 8.22. The van der Waals surface area contributed by atoms with Gasteiger partial charge in [-0.1, -0.05) is 18.2 Å². The third-order valence-corrected chi connectivity index (χ3v) is 9.81. The Morgan fingerprint density at radius 1 is 1.11 bits per heavy atom. The van der Waals surface area contributed by atoms with Crippen molar-refractivity contribution in [2.75, 3.05) is 19.6 Å². The fourth-order valence-corrected chi connectivity index (χ4v) is 6.97. The molecule has 7 heteroatoms. The zero-order valence-electron chi connectivity index (χ0n) is 21.2. The van der Waals surface area contributed by atoms with E-state index in [1.807, 2.05) is 23.1 Å². The number of carbonyl (C=O) groups is 2. The van der Waals surface area contributed by atoms with Crippen LogP contribution in [0.4, 0.5) is 4.39 Å². The lowest BCUT2D eigenvalue weighted by Crippen LogP contribution is -2.41. The van der Waals surface area contributed by atoms with E-state index >= 15 is 4.39 Å². The van der Waals surface area contributed by atoms with Crippen LogP contribution < -0.4 is 0 Å². The largest absolute Gasteiger partial charge is 0.342 e. The minimum Gasteiger partial charge on any atom is -0.342 e. The molecular formula is C30H30FN3O2S. The van der Waals surface area contributed by atoms with Crippen molar-refractivity contribution in [2.24, 2.45) is 16.8 Å². The Balaban J connectivity index is 1.16. The first-order chi connectivity index (χ1) is 17.8. The highest BCUT2D eigenvalue weighted by Crippen LogP contribution is 2.46. The molecule has 7 rings (SSSR count). The van der Waals surface area contributed by atoms with Gasteiger partial charge in [-0.05, 0) is 86.6 Å². The topological polar surface area (TPSA) is 53.0 Å². The maximum Gasteiger partial charge on any atom is 0.256 e. The van der Waals surface area contributed by atoms with Crippen LogP contribution in [0.1, 0.15) is 48.1 Å². The lowest BCUT2D eigenvalue weighted by molar-refractivity contribution is -0.131. The number of hydrogen-bond acceptors (Lipinski definition) is 4. The first-order valence-electron chi connectivity index (χ1n) is 13.3. The molecule has 2 amide bonds. The zero-order chi connectivity index (χ0) is 25.5. The summed E-state index contributed by atoms with van der Waals surface area (Å²) in [6, 6.07) is 11.4. The molecule has 2 saturated carbocycles. The standard InChI is InChI=1S/C30H30FN3O2S/c1-17-18(2)37-26-8-6-21(13-24(17)26)23-7-5-22(14-25(23)31)27-32-30(10-11-30)29(36)34(27)16-19-9-12-33(15-19)28(35)20-3-4-20/h5-8,13-14,19-20H,3-4,9-12,15-16H2,1-2H3/t19-/m1/s1.